The Bertz CT molecular complexity index is 1060. The van der Waals surface area contributed by atoms with Crippen LogP contribution in [0.2, 0.25) is 0 Å². The number of aromatic nitrogens is 2. The lowest BCUT2D eigenvalue weighted by Gasteiger charge is -2.17. The maximum Gasteiger partial charge on any atom is 0.273 e. The van der Waals surface area contributed by atoms with Crippen molar-refractivity contribution in [2.24, 2.45) is 0 Å². The number of carbonyl (C=O) groups excluding carboxylic acids is 1. The van der Waals surface area contributed by atoms with Crippen molar-refractivity contribution in [3.05, 3.63) is 80.9 Å². The second-order valence-electron chi connectivity index (χ2n) is 6.77. The van der Waals surface area contributed by atoms with Crippen molar-refractivity contribution in [3.63, 3.8) is 0 Å². The number of fused-ring (bicyclic) bond motifs is 1. The summed E-state index contributed by atoms with van der Waals surface area (Å²) < 4.78 is 1.20. The van der Waals surface area contributed by atoms with Crippen molar-refractivity contribution in [3.8, 4) is 0 Å². The number of carbonyl (C=O) groups is 1. The average Bonchev–Trinajstić information content (AvgIpc) is 2.70. The van der Waals surface area contributed by atoms with E-state index in [1.807, 2.05) is 25.2 Å². The Morgan fingerprint density at radius 3 is 2.46 bits per heavy atom. The van der Waals surface area contributed by atoms with Gasteiger partial charge in [0.1, 0.15) is 0 Å². The highest BCUT2D eigenvalue weighted by molar-refractivity contribution is 5.80. The molecule has 0 atom stereocenters. The molecule has 0 aliphatic heterocycles. The van der Waals surface area contributed by atoms with E-state index in [0.29, 0.717) is 23.9 Å². The molecule has 0 fully saturated rings. The van der Waals surface area contributed by atoms with E-state index in [1.165, 1.54) is 10.2 Å². The van der Waals surface area contributed by atoms with Gasteiger partial charge in [-0.25, -0.2) is 4.68 Å². The molecule has 0 bridgehead atoms. The minimum absolute atomic E-state index is 0.122. The topological polar surface area (TPSA) is 87.2 Å². The zero-order chi connectivity index (χ0) is 19.9. The van der Waals surface area contributed by atoms with E-state index in [9.17, 15) is 14.4 Å². The summed E-state index contributed by atoms with van der Waals surface area (Å²) >= 11 is 0. The van der Waals surface area contributed by atoms with Gasteiger partial charge in [-0.3, -0.25) is 19.5 Å². The molecule has 0 saturated heterocycles. The number of H-pyrrole nitrogens is 1. The smallest absolute Gasteiger partial charge is 0.273 e. The van der Waals surface area contributed by atoms with Gasteiger partial charge < -0.3 is 10.2 Å². The number of nitrogens with one attached hydrogen (secondary N) is 2. The molecule has 0 radical (unpaired) electrons. The summed E-state index contributed by atoms with van der Waals surface area (Å²) in [6.45, 7) is 2.17. The molecule has 0 aliphatic carbocycles. The molecule has 1 aromatic heterocycles. The third-order valence-corrected chi connectivity index (χ3v) is 4.56. The van der Waals surface area contributed by atoms with Gasteiger partial charge in [0.2, 0.25) is 5.91 Å². The first kappa shape index (κ1) is 19.6. The van der Waals surface area contributed by atoms with Crippen LogP contribution in [0.25, 0.3) is 10.8 Å². The molecule has 3 aromatic rings. The van der Waals surface area contributed by atoms with Crippen LogP contribution in [-0.2, 0) is 17.9 Å². The van der Waals surface area contributed by atoms with Crippen LogP contribution in [-0.4, -0.2) is 40.7 Å². The highest BCUT2D eigenvalue weighted by atomic mass is 16.2. The lowest BCUT2D eigenvalue weighted by molar-refractivity contribution is -0.121. The molecule has 0 aliphatic rings. The van der Waals surface area contributed by atoms with Crippen LogP contribution in [0.5, 0.6) is 0 Å². The zero-order valence-electron chi connectivity index (χ0n) is 15.9. The molecule has 3 rings (SSSR count). The number of rotatable bonds is 8. The van der Waals surface area contributed by atoms with Crippen LogP contribution in [0.15, 0.2) is 64.2 Å². The molecule has 0 unspecified atom stereocenters. The molecule has 7 nitrogen and oxygen atoms in total. The molecule has 0 spiro atoms. The van der Waals surface area contributed by atoms with E-state index in [2.05, 4.69) is 27.4 Å². The van der Waals surface area contributed by atoms with Gasteiger partial charge in [0.25, 0.3) is 11.1 Å². The van der Waals surface area contributed by atoms with Crippen molar-refractivity contribution in [1.82, 2.24) is 20.0 Å². The maximum absolute atomic E-state index is 12.4. The molecule has 7 heteroatoms. The standard InChI is InChI=1S/C21H24N4O3/c1-24(15-16-7-3-2-4-8-16)14-12-22-19(26)11-13-25-21(28)18-10-6-5-9-17(18)20(27)23-25/h2-10H,11-15H2,1H3,(H,22,26)(H,23,27). The molecule has 28 heavy (non-hydrogen) atoms. The van der Waals surface area contributed by atoms with Gasteiger partial charge in [-0.15, -0.1) is 0 Å². The Labute approximate surface area is 162 Å². The van der Waals surface area contributed by atoms with Crippen LogP contribution in [0.3, 0.4) is 0 Å². The zero-order valence-corrected chi connectivity index (χ0v) is 15.9. The fraction of sp³-hybridized carbons (Fsp3) is 0.286. The summed E-state index contributed by atoms with van der Waals surface area (Å²) in [7, 11) is 2.00. The van der Waals surface area contributed by atoms with Gasteiger partial charge in [-0.05, 0) is 24.7 Å². The fourth-order valence-corrected chi connectivity index (χ4v) is 3.07. The molecule has 1 heterocycles. The maximum atomic E-state index is 12.4. The second-order valence-corrected chi connectivity index (χ2v) is 6.77. The fourth-order valence-electron chi connectivity index (χ4n) is 3.07. The summed E-state index contributed by atoms with van der Waals surface area (Å²) in [6.07, 6.45) is 0.122. The van der Waals surface area contributed by atoms with Gasteiger partial charge in [-0.1, -0.05) is 42.5 Å². The lowest BCUT2D eigenvalue weighted by Crippen LogP contribution is -2.35. The van der Waals surface area contributed by atoms with Gasteiger partial charge >= 0.3 is 0 Å². The molecule has 2 aromatic carbocycles. The largest absolute Gasteiger partial charge is 0.355 e. The van der Waals surface area contributed by atoms with Crippen LogP contribution in [0, 0.1) is 0 Å². The summed E-state index contributed by atoms with van der Waals surface area (Å²) in [5.74, 6) is -0.158. The lowest BCUT2D eigenvalue weighted by atomic mass is 10.2. The van der Waals surface area contributed by atoms with Crippen LogP contribution in [0.1, 0.15) is 12.0 Å². The first-order valence-electron chi connectivity index (χ1n) is 9.25. The van der Waals surface area contributed by atoms with E-state index < -0.39 is 0 Å². The van der Waals surface area contributed by atoms with Gasteiger partial charge in [0.05, 0.1) is 17.3 Å². The molecular weight excluding hydrogens is 356 g/mol. The van der Waals surface area contributed by atoms with E-state index in [1.54, 1.807) is 24.3 Å². The van der Waals surface area contributed by atoms with Gasteiger partial charge in [0.15, 0.2) is 0 Å². The van der Waals surface area contributed by atoms with Crippen LogP contribution < -0.4 is 16.4 Å². The monoisotopic (exact) mass is 380 g/mol. The minimum Gasteiger partial charge on any atom is -0.355 e. The summed E-state index contributed by atoms with van der Waals surface area (Å²) in [6, 6.07) is 16.8. The van der Waals surface area contributed by atoms with E-state index in [0.717, 1.165) is 6.54 Å². The highest BCUT2D eigenvalue weighted by Crippen LogP contribution is 2.03. The number of amides is 1. The number of benzene rings is 2. The first-order valence-corrected chi connectivity index (χ1v) is 9.25. The summed E-state index contributed by atoms with van der Waals surface area (Å²) in [5, 5.41) is 6.10. The quantitative estimate of drug-likeness (QED) is 0.617. The predicted octanol–water partition coefficient (Wildman–Crippen LogP) is 1.33. The molecule has 146 valence electrons. The second kappa shape index (κ2) is 9.14. The van der Waals surface area contributed by atoms with Crippen LogP contribution >= 0.6 is 0 Å². The number of aromatic amines is 1. The van der Waals surface area contributed by atoms with Crippen molar-refractivity contribution in [1.29, 1.82) is 0 Å². The van der Waals surface area contributed by atoms with Crippen LogP contribution in [0.4, 0.5) is 0 Å². The molecule has 0 saturated carbocycles. The van der Waals surface area contributed by atoms with E-state index in [-0.39, 0.29) is 30.0 Å². The Hall–Kier alpha value is -3.19. The number of hydrogen-bond acceptors (Lipinski definition) is 4. The number of hydrogen-bond donors (Lipinski definition) is 2. The minimum atomic E-state index is -0.335. The van der Waals surface area contributed by atoms with Crippen molar-refractivity contribution < 1.29 is 4.79 Å². The SMILES string of the molecule is CN(CCNC(=O)CCn1[nH]c(=O)c2ccccc2c1=O)Cc1ccccc1. The van der Waals surface area contributed by atoms with Gasteiger partial charge in [0, 0.05) is 26.1 Å². The average molecular weight is 380 g/mol. The predicted molar refractivity (Wildman–Crippen MR) is 109 cm³/mol. The van der Waals surface area contributed by atoms with E-state index in [4.69, 9.17) is 0 Å². The third kappa shape index (κ3) is 4.95. The third-order valence-electron chi connectivity index (χ3n) is 4.56. The van der Waals surface area contributed by atoms with Gasteiger partial charge in [-0.2, -0.15) is 0 Å². The Morgan fingerprint density at radius 1 is 1.04 bits per heavy atom. The molecule has 1 amide bonds. The van der Waals surface area contributed by atoms with Crippen molar-refractivity contribution in [2.45, 2.75) is 19.5 Å². The first-order chi connectivity index (χ1) is 13.5. The number of aryl methyl sites for hydroxylation is 1. The molecule has 2 N–H and O–H groups in total. The summed E-state index contributed by atoms with van der Waals surface area (Å²) in [4.78, 5) is 38.7. The van der Waals surface area contributed by atoms with Crippen molar-refractivity contribution >= 4 is 16.7 Å². The number of likely N-dealkylation sites (N-methyl/N-ethyl adjacent to an activating group) is 1. The summed E-state index contributed by atoms with van der Waals surface area (Å²) in [5.41, 5.74) is 0.583. The Kier molecular flexibility index (Phi) is 6.39. The van der Waals surface area contributed by atoms with Crippen molar-refractivity contribution in [2.75, 3.05) is 20.1 Å². The molecular formula is C21H24N4O3. The normalized spacial score (nSPS) is 11.1. The Morgan fingerprint density at radius 2 is 1.71 bits per heavy atom. The van der Waals surface area contributed by atoms with E-state index >= 15 is 0 Å². The highest BCUT2D eigenvalue weighted by Gasteiger charge is 2.09. The number of nitrogens with zero attached hydrogens (tertiary/aromatic N) is 2. The Balaban J connectivity index is 1.48.